The van der Waals surface area contributed by atoms with Crippen molar-refractivity contribution in [3.63, 3.8) is 0 Å². The number of amides is 1. The number of nitrogens with one attached hydrogen (secondary N) is 1. The van der Waals surface area contributed by atoms with E-state index in [1.54, 1.807) is 5.51 Å². The van der Waals surface area contributed by atoms with Crippen molar-refractivity contribution in [3.05, 3.63) is 41.4 Å². The van der Waals surface area contributed by atoms with Gasteiger partial charge in [0.25, 0.3) is 0 Å². The van der Waals surface area contributed by atoms with Crippen molar-refractivity contribution < 1.29 is 4.79 Å². The lowest BCUT2D eigenvalue weighted by Gasteiger charge is -2.31. The zero-order chi connectivity index (χ0) is 15.1. The molecule has 3 N–H and O–H groups in total. The average molecular weight is 322 g/mol. The van der Waals surface area contributed by atoms with E-state index in [0.29, 0.717) is 12.3 Å². The molecule has 0 saturated heterocycles. The Morgan fingerprint density at radius 3 is 2.76 bits per heavy atom. The first-order valence-corrected chi connectivity index (χ1v) is 8.55. The molecule has 0 spiro atoms. The van der Waals surface area contributed by atoms with Crippen LogP contribution in [0.15, 0.2) is 40.2 Å². The maximum absolute atomic E-state index is 12.2. The number of aromatic nitrogens is 2. The summed E-state index contributed by atoms with van der Waals surface area (Å²) in [6.07, 6.45) is 0.922. The van der Waals surface area contributed by atoms with Crippen LogP contribution >= 0.6 is 23.1 Å². The van der Waals surface area contributed by atoms with Crippen molar-refractivity contribution >= 4 is 29.0 Å². The highest BCUT2D eigenvalue weighted by Crippen LogP contribution is 2.30. The van der Waals surface area contributed by atoms with E-state index in [-0.39, 0.29) is 5.91 Å². The third kappa shape index (κ3) is 3.81. The molecule has 112 valence electrons. The monoisotopic (exact) mass is 322 g/mol. The van der Waals surface area contributed by atoms with Crippen LogP contribution in [0.5, 0.6) is 0 Å². The van der Waals surface area contributed by atoms with Gasteiger partial charge in [-0.25, -0.2) is 0 Å². The Labute approximate surface area is 132 Å². The lowest BCUT2D eigenvalue weighted by molar-refractivity contribution is -0.123. The van der Waals surface area contributed by atoms with E-state index < -0.39 is 5.54 Å². The molecule has 1 aromatic heterocycles. The predicted molar refractivity (Wildman–Crippen MR) is 86.2 cm³/mol. The Bertz CT molecular complexity index is 562. The molecule has 0 aliphatic rings. The fourth-order valence-electron chi connectivity index (χ4n) is 1.99. The number of carbonyl (C=O) groups excluding carboxylic acids is 1. The summed E-state index contributed by atoms with van der Waals surface area (Å²) in [4.78, 5) is 12.2. The summed E-state index contributed by atoms with van der Waals surface area (Å²) in [5, 5.41) is 11.1. The number of nitrogens with zero attached hydrogens (tertiary/aromatic N) is 2. The minimum absolute atomic E-state index is 0.376. The Balaban J connectivity index is 2.28. The van der Waals surface area contributed by atoms with Gasteiger partial charge < -0.3 is 5.73 Å². The standard InChI is InChI=1S/C14H18N4OS2/c1-2-8-16-14(12(15)19,11-6-4-3-5-7-11)9-20-13-18-17-10-21-13/h3-7,10,16H,2,8-9H2,1H3,(H2,15,19). The zero-order valence-electron chi connectivity index (χ0n) is 11.8. The molecule has 0 aliphatic heterocycles. The first-order valence-electron chi connectivity index (χ1n) is 6.68. The Morgan fingerprint density at radius 1 is 1.43 bits per heavy atom. The van der Waals surface area contributed by atoms with Crippen LogP contribution in [0, 0.1) is 0 Å². The first-order chi connectivity index (χ1) is 10.2. The summed E-state index contributed by atoms with van der Waals surface area (Å²) in [6.45, 7) is 2.77. The van der Waals surface area contributed by atoms with Crippen molar-refractivity contribution in [2.24, 2.45) is 5.73 Å². The number of rotatable bonds is 8. The Morgan fingerprint density at radius 2 is 2.19 bits per heavy atom. The SMILES string of the molecule is CCCNC(CSc1nncs1)(C(N)=O)c1ccccc1. The smallest absolute Gasteiger partial charge is 0.243 e. The molecule has 1 aromatic carbocycles. The molecule has 2 aromatic rings. The van der Waals surface area contributed by atoms with Crippen molar-refractivity contribution in [1.82, 2.24) is 15.5 Å². The topological polar surface area (TPSA) is 80.9 Å². The molecule has 0 radical (unpaired) electrons. The molecule has 1 atom stereocenters. The number of thioether (sulfide) groups is 1. The summed E-state index contributed by atoms with van der Waals surface area (Å²) in [5.41, 5.74) is 7.40. The Hall–Kier alpha value is -1.44. The van der Waals surface area contributed by atoms with Gasteiger partial charge in [-0.2, -0.15) is 0 Å². The maximum Gasteiger partial charge on any atom is 0.243 e. The van der Waals surface area contributed by atoms with Crippen LogP contribution in [-0.2, 0) is 10.3 Å². The van der Waals surface area contributed by atoms with Crippen LogP contribution in [0.1, 0.15) is 18.9 Å². The molecule has 1 amide bonds. The second-order valence-corrected chi connectivity index (χ2v) is 6.61. The van der Waals surface area contributed by atoms with Gasteiger partial charge in [0.1, 0.15) is 11.0 Å². The number of hydrogen-bond acceptors (Lipinski definition) is 6. The molecule has 1 unspecified atom stereocenters. The quantitative estimate of drug-likeness (QED) is 0.727. The van der Waals surface area contributed by atoms with Gasteiger partial charge in [-0.1, -0.05) is 60.4 Å². The van der Waals surface area contributed by atoms with E-state index in [4.69, 9.17) is 5.73 Å². The minimum atomic E-state index is -0.895. The van der Waals surface area contributed by atoms with Crippen molar-refractivity contribution in [1.29, 1.82) is 0 Å². The second kappa shape index (κ2) is 7.53. The molecule has 21 heavy (non-hydrogen) atoms. The normalized spacial score (nSPS) is 13.8. The molecular formula is C14H18N4OS2. The fraction of sp³-hybridized carbons (Fsp3) is 0.357. The average Bonchev–Trinajstić information content (AvgIpc) is 3.02. The molecule has 0 aliphatic carbocycles. The summed E-state index contributed by atoms with van der Waals surface area (Å²) in [6, 6.07) is 9.60. The summed E-state index contributed by atoms with van der Waals surface area (Å²) < 4.78 is 0.829. The number of carbonyl (C=O) groups is 1. The van der Waals surface area contributed by atoms with E-state index in [1.165, 1.54) is 23.1 Å². The van der Waals surface area contributed by atoms with Gasteiger partial charge >= 0.3 is 0 Å². The summed E-state index contributed by atoms with van der Waals surface area (Å²) in [7, 11) is 0. The summed E-state index contributed by atoms with van der Waals surface area (Å²) in [5.74, 6) is 0.112. The van der Waals surface area contributed by atoms with Crippen molar-refractivity contribution in [2.45, 2.75) is 23.2 Å². The highest BCUT2D eigenvalue weighted by atomic mass is 32.2. The van der Waals surface area contributed by atoms with Crippen LogP contribution in [-0.4, -0.2) is 28.4 Å². The third-order valence-corrected chi connectivity index (χ3v) is 5.15. The second-order valence-electron chi connectivity index (χ2n) is 4.56. The zero-order valence-corrected chi connectivity index (χ0v) is 13.4. The molecule has 0 saturated carbocycles. The van der Waals surface area contributed by atoms with Crippen LogP contribution in [0.3, 0.4) is 0 Å². The lowest BCUT2D eigenvalue weighted by Crippen LogP contribution is -2.54. The van der Waals surface area contributed by atoms with E-state index in [1.807, 2.05) is 30.3 Å². The fourth-order valence-corrected chi connectivity index (χ4v) is 3.71. The lowest BCUT2D eigenvalue weighted by atomic mass is 9.91. The van der Waals surface area contributed by atoms with Crippen LogP contribution < -0.4 is 11.1 Å². The minimum Gasteiger partial charge on any atom is -0.368 e. The third-order valence-electron chi connectivity index (χ3n) is 3.12. The van der Waals surface area contributed by atoms with Gasteiger partial charge in [0.05, 0.1) is 0 Å². The number of hydrogen-bond donors (Lipinski definition) is 2. The maximum atomic E-state index is 12.2. The molecule has 1 heterocycles. The van der Waals surface area contributed by atoms with E-state index in [9.17, 15) is 4.79 Å². The van der Waals surface area contributed by atoms with Gasteiger partial charge in [-0.05, 0) is 18.5 Å². The largest absolute Gasteiger partial charge is 0.368 e. The van der Waals surface area contributed by atoms with Crippen LogP contribution in [0.2, 0.25) is 0 Å². The van der Waals surface area contributed by atoms with E-state index >= 15 is 0 Å². The molecule has 7 heteroatoms. The first kappa shape index (κ1) is 15.9. The molecule has 2 rings (SSSR count). The Kier molecular flexibility index (Phi) is 5.72. The molecule has 5 nitrogen and oxygen atoms in total. The number of nitrogens with two attached hydrogens (primary N) is 1. The molecular weight excluding hydrogens is 304 g/mol. The van der Waals surface area contributed by atoms with E-state index in [0.717, 1.165) is 16.3 Å². The van der Waals surface area contributed by atoms with Crippen molar-refractivity contribution in [3.8, 4) is 0 Å². The van der Waals surface area contributed by atoms with Crippen LogP contribution in [0.25, 0.3) is 0 Å². The van der Waals surface area contributed by atoms with Crippen LogP contribution in [0.4, 0.5) is 0 Å². The number of benzene rings is 1. The summed E-state index contributed by atoms with van der Waals surface area (Å²) >= 11 is 2.94. The van der Waals surface area contributed by atoms with E-state index in [2.05, 4.69) is 22.4 Å². The van der Waals surface area contributed by atoms with Gasteiger partial charge in [-0.3, -0.25) is 10.1 Å². The predicted octanol–water partition coefficient (Wildman–Crippen LogP) is 2.01. The van der Waals surface area contributed by atoms with Gasteiger partial charge in [0.15, 0.2) is 4.34 Å². The van der Waals surface area contributed by atoms with Gasteiger partial charge in [-0.15, -0.1) is 10.2 Å². The highest BCUT2D eigenvalue weighted by Gasteiger charge is 2.38. The number of primary amides is 1. The van der Waals surface area contributed by atoms with Gasteiger partial charge in [0.2, 0.25) is 5.91 Å². The molecule has 0 fully saturated rings. The highest BCUT2D eigenvalue weighted by molar-refractivity contribution is 8.01. The molecule has 0 bridgehead atoms. The van der Waals surface area contributed by atoms with Crippen molar-refractivity contribution in [2.75, 3.05) is 12.3 Å². The van der Waals surface area contributed by atoms with Gasteiger partial charge in [0, 0.05) is 5.75 Å².